The molecular weight excluding hydrogens is 328 g/mol. The van der Waals surface area contributed by atoms with Crippen LogP contribution >= 0.6 is 0 Å². The zero-order valence-electron chi connectivity index (χ0n) is 14.4. The van der Waals surface area contributed by atoms with Gasteiger partial charge in [0.1, 0.15) is 12.4 Å². The fourth-order valence-corrected chi connectivity index (χ4v) is 3.53. The molecule has 4 rings (SSSR count). The molecule has 0 radical (unpaired) electrons. The number of carbonyl (C=O) groups excluding carboxylic acids is 1. The summed E-state index contributed by atoms with van der Waals surface area (Å²) in [5, 5.41) is 19.0. The molecule has 0 aromatic heterocycles. The van der Waals surface area contributed by atoms with E-state index in [9.17, 15) is 9.90 Å². The van der Waals surface area contributed by atoms with Gasteiger partial charge in [-0.3, -0.25) is 4.79 Å². The number of hydrogen-bond donors (Lipinski definition) is 1. The Morgan fingerprint density at radius 1 is 1.27 bits per heavy atom. The third-order valence-corrected chi connectivity index (χ3v) is 5.35. The number of nitriles is 1. The maximum absolute atomic E-state index is 12.7. The van der Waals surface area contributed by atoms with Crippen molar-refractivity contribution in [1.29, 1.82) is 5.26 Å². The van der Waals surface area contributed by atoms with E-state index < -0.39 is 6.10 Å². The van der Waals surface area contributed by atoms with Crippen LogP contribution in [-0.2, 0) is 6.61 Å². The second-order valence-electron chi connectivity index (χ2n) is 7.19. The molecular formula is C21H20N2O3. The molecule has 1 aliphatic heterocycles. The number of ether oxygens (including phenoxy) is 1. The van der Waals surface area contributed by atoms with Crippen molar-refractivity contribution in [3.8, 4) is 11.8 Å². The first-order valence-corrected chi connectivity index (χ1v) is 8.79. The number of carbonyl (C=O) groups is 1. The lowest BCUT2D eigenvalue weighted by Crippen LogP contribution is -2.29. The summed E-state index contributed by atoms with van der Waals surface area (Å²) in [6.45, 7) is 1.42. The van der Waals surface area contributed by atoms with Crippen LogP contribution in [0, 0.1) is 16.7 Å². The zero-order valence-corrected chi connectivity index (χ0v) is 14.4. The van der Waals surface area contributed by atoms with Crippen molar-refractivity contribution in [2.45, 2.75) is 25.6 Å². The summed E-state index contributed by atoms with van der Waals surface area (Å²) in [6.07, 6.45) is 1.63. The monoisotopic (exact) mass is 348 g/mol. The van der Waals surface area contributed by atoms with Crippen molar-refractivity contribution < 1.29 is 14.6 Å². The minimum absolute atomic E-state index is 0.0342. The van der Waals surface area contributed by atoms with Gasteiger partial charge in [-0.15, -0.1) is 0 Å². The predicted octanol–water partition coefficient (Wildman–Crippen LogP) is 2.73. The molecule has 5 heteroatoms. The molecule has 26 heavy (non-hydrogen) atoms. The Hall–Kier alpha value is -2.84. The van der Waals surface area contributed by atoms with Crippen LogP contribution in [0.3, 0.4) is 0 Å². The van der Waals surface area contributed by atoms with Crippen molar-refractivity contribution >= 4 is 5.91 Å². The van der Waals surface area contributed by atoms with Crippen LogP contribution in [0.15, 0.2) is 48.5 Å². The topological polar surface area (TPSA) is 73.6 Å². The predicted molar refractivity (Wildman–Crippen MR) is 95.5 cm³/mol. The Kier molecular flexibility index (Phi) is 4.14. The summed E-state index contributed by atoms with van der Waals surface area (Å²) in [7, 11) is 0. The molecule has 2 fully saturated rings. The van der Waals surface area contributed by atoms with Crippen molar-refractivity contribution in [2.75, 3.05) is 13.1 Å². The Bertz CT molecular complexity index is 866. The van der Waals surface area contributed by atoms with Crippen molar-refractivity contribution in [2.24, 2.45) is 5.41 Å². The highest BCUT2D eigenvalue weighted by molar-refractivity contribution is 5.94. The molecule has 1 unspecified atom stereocenters. The summed E-state index contributed by atoms with van der Waals surface area (Å²) in [5.74, 6) is 0.645. The second kappa shape index (κ2) is 6.47. The standard InChI is InChI=1S/C21H20N2O3/c22-11-15-4-6-18(7-5-15)26-13-16-2-1-3-17(10-16)20(25)23-12-19(24)21(14-23)8-9-21/h1-7,10,19,24H,8-9,12-14H2. The summed E-state index contributed by atoms with van der Waals surface area (Å²) < 4.78 is 5.74. The lowest BCUT2D eigenvalue weighted by atomic mass is 10.0. The molecule has 5 nitrogen and oxygen atoms in total. The molecule has 132 valence electrons. The molecule has 1 atom stereocenters. The number of rotatable bonds is 4. The van der Waals surface area contributed by atoms with E-state index in [0.717, 1.165) is 18.4 Å². The summed E-state index contributed by atoms with van der Waals surface area (Å²) in [5.41, 5.74) is 2.08. The third-order valence-electron chi connectivity index (χ3n) is 5.35. The number of benzene rings is 2. The molecule has 1 spiro atoms. The first-order valence-electron chi connectivity index (χ1n) is 8.79. The molecule has 1 saturated heterocycles. The van der Waals surface area contributed by atoms with Gasteiger partial charge in [0.2, 0.25) is 0 Å². The van der Waals surface area contributed by atoms with Gasteiger partial charge < -0.3 is 14.7 Å². The van der Waals surface area contributed by atoms with Gasteiger partial charge in [-0.05, 0) is 54.8 Å². The highest BCUT2D eigenvalue weighted by Gasteiger charge is 2.55. The first kappa shape index (κ1) is 16.6. The van der Waals surface area contributed by atoms with Crippen LogP contribution in [-0.4, -0.2) is 35.1 Å². The van der Waals surface area contributed by atoms with Crippen LogP contribution in [0.1, 0.15) is 34.3 Å². The molecule has 1 heterocycles. The largest absolute Gasteiger partial charge is 0.489 e. The maximum Gasteiger partial charge on any atom is 0.253 e. The maximum atomic E-state index is 12.7. The minimum atomic E-state index is -0.394. The quantitative estimate of drug-likeness (QED) is 0.922. The van der Waals surface area contributed by atoms with E-state index in [-0.39, 0.29) is 11.3 Å². The van der Waals surface area contributed by atoms with E-state index >= 15 is 0 Å². The second-order valence-corrected chi connectivity index (χ2v) is 7.19. The average Bonchev–Trinajstić information content (AvgIpc) is 3.39. The van der Waals surface area contributed by atoms with Crippen LogP contribution in [0.4, 0.5) is 0 Å². The smallest absolute Gasteiger partial charge is 0.253 e. The first-order chi connectivity index (χ1) is 12.6. The Morgan fingerprint density at radius 3 is 2.69 bits per heavy atom. The fraction of sp³-hybridized carbons (Fsp3) is 0.333. The van der Waals surface area contributed by atoms with E-state index in [4.69, 9.17) is 10.00 Å². The van der Waals surface area contributed by atoms with Crippen molar-refractivity contribution in [3.05, 3.63) is 65.2 Å². The van der Waals surface area contributed by atoms with Gasteiger partial charge in [-0.2, -0.15) is 5.26 Å². The van der Waals surface area contributed by atoms with Gasteiger partial charge in [0.25, 0.3) is 5.91 Å². The Balaban J connectivity index is 1.41. The fourth-order valence-electron chi connectivity index (χ4n) is 3.53. The normalized spacial score (nSPS) is 20.0. The highest BCUT2D eigenvalue weighted by atomic mass is 16.5. The van der Waals surface area contributed by atoms with Crippen molar-refractivity contribution in [3.63, 3.8) is 0 Å². The van der Waals surface area contributed by atoms with Crippen LogP contribution in [0.2, 0.25) is 0 Å². The molecule has 2 aromatic carbocycles. The molecule has 2 aromatic rings. The van der Waals surface area contributed by atoms with E-state index in [0.29, 0.717) is 36.6 Å². The van der Waals surface area contributed by atoms with Gasteiger partial charge in [0, 0.05) is 24.1 Å². The van der Waals surface area contributed by atoms with E-state index in [1.165, 1.54) is 0 Å². The molecule has 1 saturated carbocycles. The number of likely N-dealkylation sites (tertiary alicyclic amines) is 1. The number of nitrogens with zero attached hydrogens (tertiary/aromatic N) is 2. The Morgan fingerprint density at radius 2 is 2.04 bits per heavy atom. The summed E-state index contributed by atoms with van der Waals surface area (Å²) >= 11 is 0. The lowest BCUT2D eigenvalue weighted by molar-refractivity contribution is 0.0764. The van der Waals surface area contributed by atoms with Gasteiger partial charge in [-0.1, -0.05) is 12.1 Å². The third kappa shape index (κ3) is 3.16. The van der Waals surface area contributed by atoms with Gasteiger partial charge in [-0.25, -0.2) is 0 Å². The van der Waals surface area contributed by atoms with Crippen LogP contribution in [0.5, 0.6) is 5.75 Å². The number of amides is 1. The molecule has 1 N–H and O–H groups in total. The summed E-state index contributed by atoms with van der Waals surface area (Å²) in [6, 6.07) is 16.4. The molecule has 1 aliphatic carbocycles. The highest BCUT2D eigenvalue weighted by Crippen LogP contribution is 2.52. The molecule has 1 amide bonds. The van der Waals surface area contributed by atoms with E-state index in [1.807, 2.05) is 18.2 Å². The molecule has 0 bridgehead atoms. The number of aliphatic hydroxyl groups is 1. The Labute approximate surface area is 152 Å². The number of β-amino-alcohol motifs (C(OH)–C–C–N with tert-alkyl or cyclic N) is 1. The summed E-state index contributed by atoms with van der Waals surface area (Å²) in [4.78, 5) is 14.5. The zero-order chi connectivity index (χ0) is 18.1. The minimum Gasteiger partial charge on any atom is -0.489 e. The number of aliphatic hydroxyl groups excluding tert-OH is 1. The lowest BCUT2D eigenvalue weighted by Gasteiger charge is -2.16. The average molecular weight is 348 g/mol. The van der Waals surface area contributed by atoms with Gasteiger partial charge in [0.15, 0.2) is 0 Å². The van der Waals surface area contributed by atoms with Gasteiger partial charge >= 0.3 is 0 Å². The SMILES string of the molecule is N#Cc1ccc(OCc2cccc(C(=O)N3CC(O)C4(CC4)C3)c2)cc1. The van der Waals surface area contributed by atoms with E-state index in [2.05, 4.69) is 6.07 Å². The van der Waals surface area contributed by atoms with E-state index in [1.54, 1.807) is 35.2 Å². The van der Waals surface area contributed by atoms with Crippen LogP contribution in [0.25, 0.3) is 0 Å². The number of hydrogen-bond acceptors (Lipinski definition) is 4. The van der Waals surface area contributed by atoms with Crippen molar-refractivity contribution in [1.82, 2.24) is 4.90 Å². The molecule has 2 aliphatic rings. The van der Waals surface area contributed by atoms with Crippen LogP contribution < -0.4 is 4.74 Å². The van der Waals surface area contributed by atoms with Gasteiger partial charge in [0.05, 0.1) is 17.7 Å².